The van der Waals surface area contributed by atoms with E-state index in [0.29, 0.717) is 45.6 Å². The molecule has 0 bridgehead atoms. The van der Waals surface area contributed by atoms with Crippen molar-refractivity contribution in [2.24, 2.45) is 11.8 Å². The first-order valence-electron chi connectivity index (χ1n) is 7.42. The van der Waals surface area contributed by atoms with Crippen LogP contribution in [0.5, 0.6) is 0 Å². The second-order valence-electron chi connectivity index (χ2n) is 5.84. The zero-order valence-electron chi connectivity index (χ0n) is 12.4. The molecule has 0 radical (unpaired) electrons. The third-order valence-electron chi connectivity index (χ3n) is 4.34. The van der Waals surface area contributed by atoms with Crippen molar-refractivity contribution in [3.63, 3.8) is 0 Å². The fraction of sp³-hybridized carbons (Fsp3) is 0.923. The first-order chi connectivity index (χ1) is 9.95. The highest BCUT2D eigenvalue weighted by molar-refractivity contribution is 7.86. The van der Waals surface area contributed by atoms with E-state index in [9.17, 15) is 13.2 Å². The quantitative estimate of drug-likeness (QED) is 0.791. The molecule has 122 valence electrons. The fourth-order valence-electron chi connectivity index (χ4n) is 3.10. The minimum atomic E-state index is -3.47. The average molecular weight is 320 g/mol. The third-order valence-corrected chi connectivity index (χ3v) is 6.34. The summed E-state index contributed by atoms with van der Waals surface area (Å²) in [5.41, 5.74) is 0. The zero-order chi connectivity index (χ0) is 15.5. The molecule has 21 heavy (non-hydrogen) atoms. The molecule has 2 rings (SSSR count). The molecule has 0 spiro atoms. The Morgan fingerprint density at radius 3 is 2.43 bits per heavy atom. The fourth-order valence-corrected chi connectivity index (χ4v) is 4.86. The molecule has 0 amide bonds. The van der Waals surface area contributed by atoms with Gasteiger partial charge < -0.3 is 9.84 Å². The summed E-state index contributed by atoms with van der Waals surface area (Å²) in [7, 11) is -1.84. The summed E-state index contributed by atoms with van der Waals surface area (Å²) in [4.78, 5) is 10.9. The summed E-state index contributed by atoms with van der Waals surface area (Å²) in [6, 6.07) is 0. The van der Waals surface area contributed by atoms with Gasteiger partial charge in [0.1, 0.15) is 0 Å². The smallest absolute Gasteiger partial charge is 0.306 e. The van der Waals surface area contributed by atoms with Crippen LogP contribution in [0.4, 0.5) is 0 Å². The van der Waals surface area contributed by atoms with Crippen molar-refractivity contribution in [1.82, 2.24) is 8.61 Å². The van der Waals surface area contributed by atoms with Crippen LogP contribution in [0.3, 0.4) is 0 Å². The first-order valence-corrected chi connectivity index (χ1v) is 8.81. The molecule has 7 nitrogen and oxygen atoms in total. The second kappa shape index (κ2) is 7.04. The summed E-state index contributed by atoms with van der Waals surface area (Å²) >= 11 is 0. The number of carboxylic acids is 1. The van der Waals surface area contributed by atoms with Gasteiger partial charge in [0.15, 0.2) is 0 Å². The van der Waals surface area contributed by atoms with Gasteiger partial charge in [-0.2, -0.15) is 17.0 Å². The topological polar surface area (TPSA) is 87.2 Å². The van der Waals surface area contributed by atoms with E-state index in [1.54, 1.807) is 7.11 Å². The lowest BCUT2D eigenvalue weighted by atomic mass is 9.99. The zero-order valence-corrected chi connectivity index (χ0v) is 13.2. The number of hydrogen-bond acceptors (Lipinski definition) is 4. The maximum atomic E-state index is 12.6. The summed E-state index contributed by atoms with van der Waals surface area (Å²) in [5.74, 6) is -1.00. The predicted molar refractivity (Wildman–Crippen MR) is 77.0 cm³/mol. The van der Waals surface area contributed by atoms with Gasteiger partial charge in [0.2, 0.25) is 0 Å². The average Bonchev–Trinajstić information content (AvgIpc) is 2.48. The van der Waals surface area contributed by atoms with Crippen LogP contribution in [0.25, 0.3) is 0 Å². The highest BCUT2D eigenvalue weighted by Crippen LogP contribution is 2.25. The van der Waals surface area contributed by atoms with Gasteiger partial charge in [-0.05, 0) is 31.6 Å². The Kier molecular flexibility index (Phi) is 5.59. The number of carboxylic acid groups (broad SMARTS) is 1. The van der Waals surface area contributed by atoms with Gasteiger partial charge in [0.25, 0.3) is 10.2 Å². The maximum Gasteiger partial charge on any atom is 0.306 e. The van der Waals surface area contributed by atoms with Gasteiger partial charge in [-0.1, -0.05) is 0 Å². The van der Waals surface area contributed by atoms with Gasteiger partial charge >= 0.3 is 5.97 Å². The molecule has 0 aromatic heterocycles. The minimum absolute atomic E-state index is 0.245. The molecule has 0 saturated carbocycles. The monoisotopic (exact) mass is 320 g/mol. The molecule has 1 atom stereocenters. The van der Waals surface area contributed by atoms with E-state index in [-0.39, 0.29) is 5.92 Å². The van der Waals surface area contributed by atoms with Crippen molar-refractivity contribution >= 4 is 16.2 Å². The Morgan fingerprint density at radius 2 is 1.86 bits per heavy atom. The predicted octanol–water partition coefficient (Wildman–Crippen LogP) is 0.386. The molecule has 1 N–H and O–H groups in total. The SMILES string of the molecule is COCC1CCCN(S(=O)(=O)N2CCC(C(=O)O)CC2)C1. The Hall–Kier alpha value is -0.700. The second-order valence-corrected chi connectivity index (χ2v) is 7.77. The maximum absolute atomic E-state index is 12.6. The van der Waals surface area contributed by atoms with Crippen LogP contribution in [0, 0.1) is 11.8 Å². The van der Waals surface area contributed by atoms with E-state index in [2.05, 4.69) is 0 Å². The van der Waals surface area contributed by atoms with Crippen molar-refractivity contribution in [1.29, 1.82) is 0 Å². The van der Waals surface area contributed by atoms with Crippen LogP contribution >= 0.6 is 0 Å². The van der Waals surface area contributed by atoms with Crippen LogP contribution < -0.4 is 0 Å². The number of ether oxygens (including phenoxy) is 1. The lowest BCUT2D eigenvalue weighted by Crippen LogP contribution is -2.51. The summed E-state index contributed by atoms with van der Waals surface area (Å²) in [5, 5.41) is 8.98. The molecule has 2 saturated heterocycles. The van der Waals surface area contributed by atoms with Crippen molar-refractivity contribution in [2.45, 2.75) is 25.7 Å². The van der Waals surface area contributed by atoms with Crippen molar-refractivity contribution in [2.75, 3.05) is 39.9 Å². The Bertz CT molecular complexity index is 457. The van der Waals surface area contributed by atoms with E-state index in [4.69, 9.17) is 9.84 Å². The molecule has 8 heteroatoms. The van der Waals surface area contributed by atoms with Crippen LogP contribution in [0.2, 0.25) is 0 Å². The summed E-state index contributed by atoms with van der Waals surface area (Å²) in [6.07, 6.45) is 2.62. The highest BCUT2D eigenvalue weighted by Gasteiger charge is 2.36. The number of rotatable bonds is 5. The van der Waals surface area contributed by atoms with E-state index in [0.717, 1.165) is 12.8 Å². The van der Waals surface area contributed by atoms with Crippen LogP contribution in [0.1, 0.15) is 25.7 Å². The van der Waals surface area contributed by atoms with Crippen LogP contribution in [-0.4, -0.2) is 68.0 Å². The lowest BCUT2D eigenvalue weighted by molar-refractivity contribution is -0.142. The van der Waals surface area contributed by atoms with Gasteiger partial charge in [-0.15, -0.1) is 0 Å². The first kappa shape index (κ1) is 16.7. The number of methoxy groups -OCH3 is 1. The van der Waals surface area contributed by atoms with Gasteiger partial charge in [0.05, 0.1) is 12.5 Å². The summed E-state index contributed by atoms with van der Waals surface area (Å²) in [6.45, 7) is 2.21. The molecule has 2 heterocycles. The standard InChI is InChI=1S/C13H24N2O5S/c1-20-10-11-3-2-6-15(9-11)21(18,19)14-7-4-12(5-8-14)13(16)17/h11-12H,2-10H2,1H3,(H,16,17). The van der Waals surface area contributed by atoms with Crippen LogP contribution in [0.15, 0.2) is 0 Å². The number of piperidine rings is 2. The van der Waals surface area contributed by atoms with Crippen molar-refractivity contribution in [3.05, 3.63) is 0 Å². The van der Waals surface area contributed by atoms with Crippen molar-refractivity contribution < 1.29 is 23.1 Å². The number of hydrogen-bond donors (Lipinski definition) is 1. The largest absolute Gasteiger partial charge is 0.481 e. The molecule has 2 aliphatic rings. The number of carbonyl (C=O) groups is 1. The normalized spacial score (nSPS) is 26.8. The number of nitrogens with zero attached hydrogens (tertiary/aromatic N) is 2. The summed E-state index contributed by atoms with van der Waals surface area (Å²) < 4.78 is 33.4. The molecular formula is C13H24N2O5S. The molecule has 2 fully saturated rings. The molecule has 2 aliphatic heterocycles. The minimum Gasteiger partial charge on any atom is -0.481 e. The van der Waals surface area contributed by atoms with E-state index < -0.39 is 22.1 Å². The van der Waals surface area contributed by atoms with Gasteiger partial charge in [-0.25, -0.2) is 0 Å². The van der Waals surface area contributed by atoms with Gasteiger partial charge in [0, 0.05) is 33.3 Å². The Labute approximate surface area is 126 Å². The Morgan fingerprint density at radius 1 is 1.19 bits per heavy atom. The lowest BCUT2D eigenvalue weighted by Gasteiger charge is -2.37. The van der Waals surface area contributed by atoms with E-state index in [1.165, 1.54) is 8.61 Å². The third kappa shape index (κ3) is 3.94. The molecule has 0 aliphatic carbocycles. The molecule has 0 aromatic rings. The van der Waals surface area contributed by atoms with E-state index in [1.807, 2.05) is 0 Å². The molecule has 1 unspecified atom stereocenters. The van der Waals surface area contributed by atoms with E-state index >= 15 is 0 Å². The van der Waals surface area contributed by atoms with Crippen LogP contribution in [-0.2, 0) is 19.7 Å². The Balaban J connectivity index is 1.97. The number of aliphatic carboxylic acids is 1. The molecular weight excluding hydrogens is 296 g/mol. The van der Waals surface area contributed by atoms with Gasteiger partial charge in [-0.3, -0.25) is 4.79 Å². The molecule has 0 aromatic carbocycles. The van der Waals surface area contributed by atoms with Crippen molar-refractivity contribution in [3.8, 4) is 0 Å². The highest BCUT2D eigenvalue weighted by atomic mass is 32.2.